The SMILES string of the molecule is CNC(=O)NCS(=O)[O-].[Na+]. The topological polar surface area (TPSA) is 81.3 Å². The minimum Gasteiger partial charge on any atom is -0.771 e. The van der Waals surface area contributed by atoms with Crippen LogP contribution < -0.4 is 40.2 Å². The molecular formula is C3H7N2NaO3S. The van der Waals surface area contributed by atoms with Gasteiger partial charge in [-0.25, -0.2) is 4.79 Å². The number of nitrogens with one attached hydrogen (secondary N) is 2. The van der Waals surface area contributed by atoms with Crippen molar-refractivity contribution in [1.82, 2.24) is 10.6 Å². The average Bonchev–Trinajstić information content (AvgIpc) is 1.83. The molecule has 0 spiro atoms. The predicted molar refractivity (Wildman–Crippen MR) is 31.4 cm³/mol. The van der Waals surface area contributed by atoms with Crippen LogP contribution in [0.4, 0.5) is 4.79 Å². The van der Waals surface area contributed by atoms with Crippen LogP contribution in [0.2, 0.25) is 0 Å². The summed E-state index contributed by atoms with van der Waals surface area (Å²) in [6.07, 6.45) is 0. The maximum absolute atomic E-state index is 10.2. The molecule has 54 valence electrons. The molecule has 10 heavy (non-hydrogen) atoms. The first-order valence-corrected chi connectivity index (χ1v) is 3.42. The third kappa shape index (κ3) is 8.38. The largest absolute Gasteiger partial charge is 1.00 e. The Kier molecular flexibility index (Phi) is 9.74. The molecule has 0 heterocycles. The Morgan fingerprint density at radius 1 is 1.70 bits per heavy atom. The number of hydrogen-bond acceptors (Lipinski definition) is 3. The maximum Gasteiger partial charge on any atom is 1.00 e. The Bertz CT molecular complexity index is 131. The van der Waals surface area contributed by atoms with E-state index in [1.165, 1.54) is 7.05 Å². The van der Waals surface area contributed by atoms with Gasteiger partial charge in [0.15, 0.2) is 0 Å². The van der Waals surface area contributed by atoms with E-state index in [4.69, 9.17) is 0 Å². The smallest absolute Gasteiger partial charge is 0.771 e. The minimum absolute atomic E-state index is 0. The monoisotopic (exact) mass is 174 g/mol. The van der Waals surface area contributed by atoms with Crippen LogP contribution in [0.5, 0.6) is 0 Å². The van der Waals surface area contributed by atoms with Crippen molar-refractivity contribution in [3.63, 3.8) is 0 Å². The molecule has 1 atom stereocenters. The molecule has 0 bridgehead atoms. The fraction of sp³-hybridized carbons (Fsp3) is 0.667. The van der Waals surface area contributed by atoms with Gasteiger partial charge >= 0.3 is 35.6 Å². The summed E-state index contributed by atoms with van der Waals surface area (Å²) in [5.41, 5.74) is 0. The number of carbonyl (C=O) groups is 1. The molecule has 0 aliphatic carbocycles. The van der Waals surface area contributed by atoms with E-state index in [-0.39, 0.29) is 35.4 Å². The van der Waals surface area contributed by atoms with Crippen molar-refractivity contribution >= 4 is 17.1 Å². The molecule has 0 aromatic heterocycles. The van der Waals surface area contributed by atoms with Crippen LogP contribution >= 0.6 is 0 Å². The second-order valence-electron chi connectivity index (χ2n) is 1.20. The van der Waals surface area contributed by atoms with Crippen LogP contribution in [-0.2, 0) is 11.1 Å². The maximum atomic E-state index is 10.2. The predicted octanol–water partition coefficient (Wildman–Crippen LogP) is -4.24. The van der Waals surface area contributed by atoms with Gasteiger partial charge in [-0.2, -0.15) is 0 Å². The van der Waals surface area contributed by atoms with Gasteiger partial charge in [-0.1, -0.05) is 0 Å². The number of carbonyl (C=O) groups excluding carboxylic acids is 1. The van der Waals surface area contributed by atoms with E-state index < -0.39 is 17.1 Å². The zero-order valence-electron chi connectivity index (χ0n) is 5.84. The van der Waals surface area contributed by atoms with E-state index in [9.17, 15) is 13.6 Å². The first-order valence-electron chi connectivity index (χ1n) is 2.18. The summed E-state index contributed by atoms with van der Waals surface area (Å²) < 4.78 is 19.6. The second kappa shape index (κ2) is 7.49. The summed E-state index contributed by atoms with van der Waals surface area (Å²) in [6.45, 7) is 0. The number of hydrogen-bond donors (Lipinski definition) is 2. The van der Waals surface area contributed by atoms with Crippen molar-refractivity contribution in [1.29, 1.82) is 0 Å². The van der Waals surface area contributed by atoms with Crippen LogP contribution in [0.1, 0.15) is 0 Å². The van der Waals surface area contributed by atoms with E-state index in [0.717, 1.165) is 0 Å². The number of urea groups is 1. The zero-order valence-corrected chi connectivity index (χ0v) is 8.66. The van der Waals surface area contributed by atoms with Gasteiger partial charge in [0.1, 0.15) is 0 Å². The van der Waals surface area contributed by atoms with Gasteiger partial charge in [-0.3, -0.25) is 4.21 Å². The summed E-state index contributed by atoms with van der Waals surface area (Å²) in [6, 6.07) is -0.501. The Labute approximate surface area is 83.5 Å². The van der Waals surface area contributed by atoms with Gasteiger partial charge in [0, 0.05) is 7.05 Å². The van der Waals surface area contributed by atoms with E-state index in [1.807, 2.05) is 0 Å². The number of amides is 2. The van der Waals surface area contributed by atoms with Crippen molar-refractivity contribution in [2.45, 2.75) is 0 Å². The molecule has 7 heteroatoms. The van der Waals surface area contributed by atoms with Crippen molar-refractivity contribution in [2.75, 3.05) is 12.9 Å². The molecule has 0 saturated carbocycles. The first-order chi connectivity index (χ1) is 4.16. The van der Waals surface area contributed by atoms with Crippen LogP contribution in [0.3, 0.4) is 0 Å². The zero-order chi connectivity index (χ0) is 7.28. The van der Waals surface area contributed by atoms with Crippen LogP contribution in [0, 0.1) is 0 Å². The molecule has 5 nitrogen and oxygen atoms in total. The Morgan fingerprint density at radius 2 is 2.20 bits per heavy atom. The quantitative estimate of drug-likeness (QED) is 0.328. The molecule has 0 aromatic rings. The molecule has 0 saturated heterocycles. The van der Waals surface area contributed by atoms with E-state index in [0.29, 0.717) is 0 Å². The average molecular weight is 174 g/mol. The summed E-state index contributed by atoms with van der Waals surface area (Å²) in [4.78, 5) is 10.2. The molecule has 0 rings (SSSR count). The normalized spacial score (nSPS) is 11.0. The standard InChI is InChI=1S/C3H8N2O3S.Na/c1-4-3(6)5-2-9(7)8;/h2H2,1H3,(H,7,8)(H2,4,5,6);/q;+1/p-1. The third-order valence-corrected chi connectivity index (χ3v) is 0.958. The van der Waals surface area contributed by atoms with Gasteiger partial charge in [-0.15, -0.1) is 0 Å². The molecule has 2 amide bonds. The Balaban J connectivity index is 0. The minimum atomic E-state index is -2.21. The van der Waals surface area contributed by atoms with Crippen molar-refractivity contribution in [2.24, 2.45) is 0 Å². The Morgan fingerprint density at radius 3 is 2.50 bits per heavy atom. The van der Waals surface area contributed by atoms with E-state index in [2.05, 4.69) is 10.6 Å². The Hall–Kier alpha value is 0.380. The summed E-state index contributed by atoms with van der Waals surface area (Å²) in [5.74, 6) is -0.348. The van der Waals surface area contributed by atoms with Gasteiger partial charge in [0.25, 0.3) is 0 Å². The fourth-order valence-electron chi connectivity index (χ4n) is 0.213. The third-order valence-electron chi connectivity index (χ3n) is 0.578. The summed E-state index contributed by atoms with van der Waals surface area (Å²) >= 11 is -2.21. The van der Waals surface area contributed by atoms with Gasteiger partial charge < -0.3 is 15.2 Å². The molecule has 0 aromatic carbocycles. The van der Waals surface area contributed by atoms with Crippen molar-refractivity contribution < 1.29 is 43.1 Å². The molecule has 2 N–H and O–H groups in total. The van der Waals surface area contributed by atoms with Crippen LogP contribution in [0.25, 0.3) is 0 Å². The summed E-state index contributed by atoms with van der Waals surface area (Å²) in [7, 11) is 1.41. The van der Waals surface area contributed by atoms with E-state index >= 15 is 0 Å². The van der Waals surface area contributed by atoms with Gasteiger partial charge in [0.2, 0.25) is 0 Å². The van der Waals surface area contributed by atoms with E-state index in [1.54, 1.807) is 0 Å². The van der Waals surface area contributed by atoms with Crippen LogP contribution in [-0.4, -0.2) is 27.7 Å². The van der Waals surface area contributed by atoms with Crippen molar-refractivity contribution in [3.8, 4) is 0 Å². The molecule has 0 aliphatic rings. The molecule has 0 radical (unpaired) electrons. The van der Waals surface area contributed by atoms with Gasteiger partial charge in [0.05, 0.1) is 5.88 Å². The molecule has 0 aliphatic heterocycles. The van der Waals surface area contributed by atoms with Gasteiger partial charge in [-0.05, 0) is 11.1 Å². The van der Waals surface area contributed by atoms with Crippen molar-refractivity contribution in [3.05, 3.63) is 0 Å². The fourth-order valence-corrected chi connectivity index (χ4v) is 0.462. The first kappa shape index (κ1) is 13.0. The second-order valence-corrected chi connectivity index (χ2v) is 2.10. The molecule has 1 unspecified atom stereocenters. The number of rotatable bonds is 2. The molecule has 0 fully saturated rings. The van der Waals surface area contributed by atoms with Crippen LogP contribution in [0.15, 0.2) is 0 Å². The summed E-state index contributed by atoms with van der Waals surface area (Å²) in [5, 5.41) is 4.27. The molecular weight excluding hydrogens is 167 g/mol.